The zero-order chi connectivity index (χ0) is 15.1. The highest BCUT2D eigenvalue weighted by molar-refractivity contribution is 14.1. The summed E-state index contributed by atoms with van der Waals surface area (Å²) < 4.78 is 1.13. The minimum Gasteiger partial charge on any atom is -0.352 e. The average Bonchev–Trinajstić information content (AvgIpc) is 2.47. The number of aliphatic imine (C=N–C) groups is 1. The summed E-state index contributed by atoms with van der Waals surface area (Å²) in [5.41, 5.74) is 2.80. The Bertz CT molecular complexity index is 679. The fourth-order valence-electron chi connectivity index (χ4n) is 1.84. The summed E-state index contributed by atoms with van der Waals surface area (Å²) in [6, 6.07) is 15.5. The molecule has 2 aromatic carbocycles. The fourth-order valence-corrected chi connectivity index (χ4v) is 2.55. The Morgan fingerprint density at radius 2 is 1.95 bits per heavy atom. The molecule has 3 nitrogen and oxygen atoms in total. The van der Waals surface area contributed by atoms with Gasteiger partial charge in [-0.25, -0.2) is 0 Å². The molecular formula is C16H13IN2OS. The minimum absolute atomic E-state index is 0.0120. The number of rotatable bonds is 5. The molecule has 0 radical (unpaired) electrons. The van der Waals surface area contributed by atoms with Crippen molar-refractivity contribution in [3.63, 3.8) is 0 Å². The Morgan fingerprint density at radius 1 is 1.19 bits per heavy atom. The molecule has 0 bridgehead atoms. The van der Waals surface area contributed by atoms with E-state index >= 15 is 0 Å². The van der Waals surface area contributed by atoms with E-state index < -0.39 is 0 Å². The molecule has 2 aromatic rings. The molecule has 106 valence electrons. The molecule has 21 heavy (non-hydrogen) atoms. The Morgan fingerprint density at radius 3 is 2.62 bits per heavy atom. The van der Waals surface area contributed by atoms with Gasteiger partial charge in [-0.2, -0.15) is 4.99 Å². The first-order valence-corrected chi connectivity index (χ1v) is 7.84. The SMILES string of the molecule is O=C(Cc1cccc(I)c1)NCc1ccc(N=C=S)cc1. The molecule has 1 N–H and O–H groups in total. The highest BCUT2D eigenvalue weighted by Gasteiger charge is 2.03. The van der Waals surface area contributed by atoms with Gasteiger partial charge in [0, 0.05) is 10.1 Å². The molecule has 0 heterocycles. The van der Waals surface area contributed by atoms with Gasteiger partial charge < -0.3 is 5.32 Å². The number of benzene rings is 2. The van der Waals surface area contributed by atoms with Crippen LogP contribution in [0, 0.1) is 3.57 Å². The second-order valence-electron chi connectivity index (χ2n) is 4.45. The van der Waals surface area contributed by atoms with Crippen LogP contribution >= 0.6 is 34.8 Å². The van der Waals surface area contributed by atoms with Crippen molar-refractivity contribution < 1.29 is 4.79 Å². The van der Waals surface area contributed by atoms with E-state index in [1.807, 2.05) is 48.5 Å². The third-order valence-electron chi connectivity index (χ3n) is 2.85. The number of carbonyl (C=O) groups excluding carboxylic acids is 1. The minimum atomic E-state index is 0.0120. The Hall–Kier alpha value is -1.56. The van der Waals surface area contributed by atoms with Gasteiger partial charge in [-0.3, -0.25) is 4.79 Å². The van der Waals surface area contributed by atoms with Gasteiger partial charge in [-0.05, 0) is 70.2 Å². The van der Waals surface area contributed by atoms with Crippen molar-refractivity contribution >= 4 is 51.6 Å². The van der Waals surface area contributed by atoms with Gasteiger partial charge in [0.2, 0.25) is 5.91 Å². The first-order chi connectivity index (χ1) is 10.2. The number of nitrogens with zero attached hydrogens (tertiary/aromatic N) is 1. The molecule has 0 fully saturated rings. The fraction of sp³-hybridized carbons (Fsp3) is 0.125. The molecular weight excluding hydrogens is 395 g/mol. The lowest BCUT2D eigenvalue weighted by atomic mass is 10.1. The number of hydrogen-bond donors (Lipinski definition) is 1. The second kappa shape index (κ2) is 8.02. The first-order valence-electron chi connectivity index (χ1n) is 6.35. The van der Waals surface area contributed by atoms with Crippen LogP contribution in [0.3, 0.4) is 0 Å². The van der Waals surface area contributed by atoms with E-state index in [0.29, 0.717) is 13.0 Å². The lowest BCUT2D eigenvalue weighted by Gasteiger charge is -2.06. The highest BCUT2D eigenvalue weighted by Crippen LogP contribution is 2.12. The maximum atomic E-state index is 11.9. The number of thiocarbonyl (C=S) groups is 1. The van der Waals surface area contributed by atoms with Crippen molar-refractivity contribution in [2.45, 2.75) is 13.0 Å². The smallest absolute Gasteiger partial charge is 0.224 e. The normalized spacial score (nSPS) is 9.76. The van der Waals surface area contributed by atoms with Crippen LogP contribution in [0.15, 0.2) is 53.5 Å². The molecule has 2 rings (SSSR count). The van der Waals surface area contributed by atoms with Gasteiger partial charge in [0.15, 0.2) is 0 Å². The predicted molar refractivity (Wildman–Crippen MR) is 95.8 cm³/mol. The van der Waals surface area contributed by atoms with Crippen LogP contribution in [0.1, 0.15) is 11.1 Å². The third kappa shape index (κ3) is 5.38. The third-order valence-corrected chi connectivity index (χ3v) is 3.62. The van der Waals surface area contributed by atoms with Crippen LogP contribution in [0.4, 0.5) is 5.69 Å². The Labute approximate surface area is 142 Å². The summed E-state index contributed by atoms with van der Waals surface area (Å²) in [5, 5.41) is 5.23. The standard InChI is InChI=1S/C16H13IN2OS/c17-14-3-1-2-13(8-14)9-16(20)18-10-12-4-6-15(7-5-12)19-11-21/h1-8H,9-10H2,(H,18,20). The number of nitrogens with one attached hydrogen (secondary N) is 1. The van der Waals surface area contributed by atoms with Gasteiger partial charge >= 0.3 is 0 Å². The summed E-state index contributed by atoms with van der Waals surface area (Å²) in [6.45, 7) is 0.504. The van der Waals surface area contributed by atoms with E-state index in [1.165, 1.54) is 0 Å². The molecule has 0 spiro atoms. The van der Waals surface area contributed by atoms with Gasteiger partial charge in [-0.1, -0.05) is 24.3 Å². The van der Waals surface area contributed by atoms with Crippen molar-refractivity contribution in [3.05, 3.63) is 63.2 Å². The number of hydrogen-bond acceptors (Lipinski definition) is 3. The molecule has 5 heteroatoms. The van der Waals surface area contributed by atoms with Gasteiger partial charge in [0.05, 0.1) is 17.3 Å². The summed E-state index contributed by atoms with van der Waals surface area (Å²) in [4.78, 5) is 15.8. The van der Waals surface area contributed by atoms with Crippen LogP contribution in [-0.2, 0) is 17.8 Å². The number of halogens is 1. The molecule has 0 saturated heterocycles. The number of amides is 1. The van der Waals surface area contributed by atoms with Crippen LogP contribution in [0.5, 0.6) is 0 Å². The lowest BCUT2D eigenvalue weighted by Crippen LogP contribution is -2.24. The zero-order valence-corrected chi connectivity index (χ0v) is 14.1. The van der Waals surface area contributed by atoms with Gasteiger partial charge in [0.25, 0.3) is 0 Å². The maximum Gasteiger partial charge on any atom is 0.224 e. The topological polar surface area (TPSA) is 41.5 Å². The van der Waals surface area contributed by atoms with E-state index in [2.05, 4.69) is 50.3 Å². The van der Waals surface area contributed by atoms with E-state index in [0.717, 1.165) is 20.4 Å². The molecule has 0 aromatic heterocycles. The Kier molecular flexibility index (Phi) is 6.04. The number of carbonyl (C=O) groups is 1. The maximum absolute atomic E-state index is 11.9. The van der Waals surface area contributed by atoms with Crippen LogP contribution in [0.25, 0.3) is 0 Å². The quantitative estimate of drug-likeness (QED) is 0.464. The molecule has 0 unspecified atom stereocenters. The number of isothiocyanates is 1. The summed E-state index contributed by atoms with van der Waals surface area (Å²) in [5.74, 6) is 0.0120. The van der Waals surface area contributed by atoms with Crippen LogP contribution in [-0.4, -0.2) is 11.1 Å². The predicted octanol–water partition coefficient (Wildman–Crippen LogP) is 3.88. The van der Waals surface area contributed by atoms with Gasteiger partial charge in [-0.15, -0.1) is 0 Å². The van der Waals surface area contributed by atoms with E-state index in [-0.39, 0.29) is 5.91 Å². The first kappa shape index (κ1) is 15.8. The largest absolute Gasteiger partial charge is 0.352 e. The molecule has 0 aliphatic rings. The molecule has 0 saturated carbocycles. The van der Waals surface area contributed by atoms with Crippen molar-refractivity contribution in [3.8, 4) is 0 Å². The second-order valence-corrected chi connectivity index (χ2v) is 5.88. The lowest BCUT2D eigenvalue weighted by molar-refractivity contribution is -0.120. The van der Waals surface area contributed by atoms with Crippen LogP contribution < -0.4 is 5.32 Å². The molecule has 0 aliphatic heterocycles. The highest BCUT2D eigenvalue weighted by atomic mass is 127. The monoisotopic (exact) mass is 408 g/mol. The summed E-state index contributed by atoms with van der Waals surface area (Å²) in [7, 11) is 0. The zero-order valence-electron chi connectivity index (χ0n) is 11.2. The van der Waals surface area contributed by atoms with E-state index in [9.17, 15) is 4.79 Å². The molecule has 0 aliphatic carbocycles. The van der Waals surface area contributed by atoms with Crippen molar-refractivity contribution in [2.24, 2.45) is 4.99 Å². The van der Waals surface area contributed by atoms with Crippen molar-refractivity contribution in [2.75, 3.05) is 0 Å². The van der Waals surface area contributed by atoms with Crippen molar-refractivity contribution in [1.82, 2.24) is 5.32 Å². The van der Waals surface area contributed by atoms with Crippen LogP contribution in [0.2, 0.25) is 0 Å². The average molecular weight is 408 g/mol. The van der Waals surface area contributed by atoms with Crippen molar-refractivity contribution in [1.29, 1.82) is 0 Å². The molecule has 0 atom stereocenters. The Balaban J connectivity index is 1.87. The van der Waals surface area contributed by atoms with E-state index in [1.54, 1.807) is 0 Å². The molecule has 1 amide bonds. The summed E-state index contributed by atoms with van der Waals surface area (Å²) >= 11 is 6.79. The van der Waals surface area contributed by atoms with E-state index in [4.69, 9.17) is 0 Å². The summed E-state index contributed by atoms with van der Waals surface area (Å²) in [6.07, 6.45) is 0.393. The van der Waals surface area contributed by atoms with Gasteiger partial charge in [0.1, 0.15) is 0 Å².